The lowest BCUT2D eigenvalue weighted by atomic mass is 9.56. The van der Waals surface area contributed by atoms with Crippen molar-refractivity contribution >= 4 is 5.78 Å². The monoisotopic (exact) mass is 305 g/mol. The molecule has 9 atom stereocenters. The van der Waals surface area contributed by atoms with E-state index < -0.39 is 17.6 Å². The summed E-state index contributed by atoms with van der Waals surface area (Å²) >= 11 is 0. The molecule has 4 aliphatic rings. The molecule has 4 unspecified atom stereocenters. The van der Waals surface area contributed by atoms with Crippen LogP contribution in [0.4, 0.5) is 0 Å². The third-order valence-electron chi connectivity index (χ3n) is 7.45. The van der Waals surface area contributed by atoms with Gasteiger partial charge in [0.15, 0.2) is 0 Å². The van der Waals surface area contributed by atoms with Gasteiger partial charge in [-0.15, -0.1) is 0 Å². The zero-order valence-electron chi connectivity index (χ0n) is 13.6. The number of nitrogens with two attached hydrogens (primary N) is 1. The molecule has 4 heteroatoms. The molecule has 0 aliphatic heterocycles. The number of aliphatic hydroxyl groups is 2. The molecule has 0 amide bonds. The smallest absolute Gasteiger partial charge is 0.142 e. The van der Waals surface area contributed by atoms with Gasteiger partial charge in [-0.1, -0.05) is 13.0 Å². The van der Waals surface area contributed by atoms with Crippen LogP contribution in [-0.4, -0.2) is 33.7 Å². The first-order valence-corrected chi connectivity index (χ1v) is 8.60. The Morgan fingerprint density at radius 2 is 2.00 bits per heavy atom. The molecular formula is C18H27NO3. The highest BCUT2D eigenvalue weighted by Gasteiger charge is 2.73. The molecule has 0 aromatic rings. The molecule has 122 valence electrons. The fourth-order valence-corrected chi connectivity index (χ4v) is 6.29. The lowest BCUT2D eigenvalue weighted by Gasteiger charge is -2.48. The molecule has 0 aromatic heterocycles. The average Bonchev–Trinajstić information content (AvgIpc) is 2.84. The van der Waals surface area contributed by atoms with E-state index in [9.17, 15) is 15.0 Å². The van der Waals surface area contributed by atoms with E-state index in [4.69, 9.17) is 5.73 Å². The van der Waals surface area contributed by atoms with Crippen molar-refractivity contribution in [1.82, 2.24) is 0 Å². The molecule has 22 heavy (non-hydrogen) atoms. The molecule has 4 aliphatic carbocycles. The van der Waals surface area contributed by atoms with Crippen LogP contribution in [0.25, 0.3) is 0 Å². The highest BCUT2D eigenvalue weighted by Crippen LogP contribution is 2.69. The Balaban J connectivity index is 1.91. The lowest BCUT2D eigenvalue weighted by molar-refractivity contribution is -0.143. The summed E-state index contributed by atoms with van der Waals surface area (Å²) < 4.78 is 0. The highest BCUT2D eigenvalue weighted by atomic mass is 16.3. The molecule has 0 heterocycles. The summed E-state index contributed by atoms with van der Waals surface area (Å²) in [4.78, 5) is 13.3. The molecular weight excluding hydrogens is 278 g/mol. The number of hydrogen-bond acceptors (Lipinski definition) is 4. The van der Waals surface area contributed by atoms with Crippen LogP contribution in [0.2, 0.25) is 0 Å². The van der Waals surface area contributed by atoms with E-state index in [2.05, 4.69) is 6.92 Å². The van der Waals surface area contributed by atoms with Gasteiger partial charge in [-0.25, -0.2) is 0 Å². The number of hydrogen-bond donors (Lipinski definition) is 3. The van der Waals surface area contributed by atoms with Gasteiger partial charge in [0.25, 0.3) is 0 Å². The number of carbonyl (C=O) groups excluding carboxylic acids is 1. The highest BCUT2D eigenvalue weighted by molar-refractivity contribution is 5.89. The van der Waals surface area contributed by atoms with Gasteiger partial charge in [0.1, 0.15) is 5.78 Å². The van der Waals surface area contributed by atoms with Gasteiger partial charge in [-0.05, 0) is 50.5 Å². The summed E-state index contributed by atoms with van der Waals surface area (Å²) in [6.45, 7) is 5.99. The number of fused-ring (bicyclic) bond motifs is 2. The van der Waals surface area contributed by atoms with Crippen molar-refractivity contribution < 1.29 is 15.0 Å². The van der Waals surface area contributed by atoms with Crippen molar-refractivity contribution in [2.45, 2.75) is 57.8 Å². The van der Waals surface area contributed by atoms with Crippen molar-refractivity contribution in [3.8, 4) is 0 Å². The molecule has 3 saturated carbocycles. The van der Waals surface area contributed by atoms with E-state index in [0.29, 0.717) is 18.8 Å². The molecule has 4 nitrogen and oxygen atoms in total. The number of Topliss-reactive ketones (excluding diaryl/α,β-unsaturated/α-hetero) is 1. The van der Waals surface area contributed by atoms with Crippen molar-refractivity contribution in [3.05, 3.63) is 11.6 Å². The molecule has 4 rings (SSSR count). The van der Waals surface area contributed by atoms with Crippen LogP contribution in [0.3, 0.4) is 0 Å². The van der Waals surface area contributed by atoms with Crippen LogP contribution in [0.5, 0.6) is 0 Å². The summed E-state index contributed by atoms with van der Waals surface area (Å²) in [5.41, 5.74) is 6.52. The maximum Gasteiger partial charge on any atom is 0.142 e. The Labute approximate surface area is 131 Å². The minimum absolute atomic E-state index is 0.0327. The van der Waals surface area contributed by atoms with Crippen LogP contribution in [0.15, 0.2) is 11.6 Å². The van der Waals surface area contributed by atoms with Crippen LogP contribution < -0.4 is 5.73 Å². The minimum Gasteiger partial charge on any atom is -0.392 e. The second kappa shape index (κ2) is 4.22. The van der Waals surface area contributed by atoms with Gasteiger partial charge in [0.05, 0.1) is 12.2 Å². The van der Waals surface area contributed by atoms with E-state index in [0.717, 1.165) is 12.0 Å². The molecule has 1 spiro atoms. The van der Waals surface area contributed by atoms with Gasteiger partial charge in [0, 0.05) is 28.7 Å². The van der Waals surface area contributed by atoms with Gasteiger partial charge < -0.3 is 15.9 Å². The first-order chi connectivity index (χ1) is 10.2. The van der Waals surface area contributed by atoms with E-state index in [1.165, 1.54) is 0 Å². The topological polar surface area (TPSA) is 83.5 Å². The molecule has 3 fully saturated rings. The number of rotatable bonds is 0. The standard InChI is InChI=1S/C18H27NO3/c1-8-6-10-12(20)4-5-18(10)14(15(8)21)13-11(17(13,3)19)7-9(2)16(18)22/h6,9-15,20-21H,4-5,7,19H2,1-3H3/t9?,10?,11-,12?,13?,14-,15+,17-,18+/m1/s1. The van der Waals surface area contributed by atoms with Crippen LogP contribution in [0.1, 0.15) is 40.0 Å². The molecule has 0 bridgehead atoms. The van der Waals surface area contributed by atoms with Crippen LogP contribution >= 0.6 is 0 Å². The summed E-state index contributed by atoms with van der Waals surface area (Å²) in [6, 6.07) is 0. The van der Waals surface area contributed by atoms with Gasteiger partial charge >= 0.3 is 0 Å². The third-order valence-corrected chi connectivity index (χ3v) is 7.45. The van der Waals surface area contributed by atoms with E-state index in [1.807, 2.05) is 19.9 Å². The van der Waals surface area contributed by atoms with Gasteiger partial charge in [0.2, 0.25) is 0 Å². The lowest BCUT2D eigenvalue weighted by Crippen LogP contribution is -2.54. The maximum atomic E-state index is 13.3. The molecule has 0 aromatic carbocycles. The zero-order chi connectivity index (χ0) is 16.0. The first kappa shape index (κ1) is 14.9. The van der Waals surface area contributed by atoms with Crippen LogP contribution in [-0.2, 0) is 4.79 Å². The Morgan fingerprint density at radius 3 is 2.68 bits per heavy atom. The number of ketones is 1. The van der Waals surface area contributed by atoms with Crippen molar-refractivity contribution in [3.63, 3.8) is 0 Å². The maximum absolute atomic E-state index is 13.3. The predicted octanol–water partition coefficient (Wildman–Crippen LogP) is 1.25. The third kappa shape index (κ3) is 1.51. The number of aliphatic hydroxyl groups excluding tert-OH is 2. The normalized spacial score (nSPS) is 60.0. The van der Waals surface area contributed by atoms with E-state index in [-0.39, 0.29) is 35.0 Å². The van der Waals surface area contributed by atoms with E-state index in [1.54, 1.807) is 0 Å². The molecule has 0 saturated heterocycles. The summed E-state index contributed by atoms with van der Waals surface area (Å²) in [7, 11) is 0. The second-order valence-corrected chi connectivity index (χ2v) is 8.55. The first-order valence-electron chi connectivity index (χ1n) is 8.60. The Morgan fingerprint density at radius 1 is 1.32 bits per heavy atom. The van der Waals surface area contributed by atoms with Crippen molar-refractivity contribution in [1.29, 1.82) is 0 Å². The number of carbonyl (C=O) groups is 1. The summed E-state index contributed by atoms with van der Waals surface area (Å²) in [5, 5.41) is 21.4. The van der Waals surface area contributed by atoms with Crippen molar-refractivity contribution in [2.75, 3.05) is 0 Å². The van der Waals surface area contributed by atoms with Gasteiger partial charge in [-0.2, -0.15) is 0 Å². The average molecular weight is 305 g/mol. The van der Waals surface area contributed by atoms with E-state index >= 15 is 0 Å². The Bertz CT molecular complexity index is 569. The fourth-order valence-electron chi connectivity index (χ4n) is 6.29. The predicted molar refractivity (Wildman–Crippen MR) is 82.8 cm³/mol. The zero-order valence-corrected chi connectivity index (χ0v) is 13.6. The quantitative estimate of drug-likeness (QED) is 0.588. The minimum atomic E-state index is -0.603. The Hall–Kier alpha value is -0.710. The van der Waals surface area contributed by atoms with Crippen LogP contribution in [0, 0.1) is 35.0 Å². The summed E-state index contributed by atoms with van der Waals surface area (Å²) in [5.74, 6) is 0.449. The molecule has 0 radical (unpaired) electrons. The van der Waals surface area contributed by atoms with Crippen molar-refractivity contribution in [2.24, 2.45) is 40.7 Å². The summed E-state index contributed by atoms with van der Waals surface area (Å²) in [6.07, 6.45) is 3.06. The Kier molecular flexibility index (Phi) is 2.85. The largest absolute Gasteiger partial charge is 0.392 e. The SMILES string of the molecule is CC1=CC2C(O)CC[C@]23C(=O)C(C)C[C@@H]2C([C@@H]3[C@H]1O)[C@]2(C)N. The second-order valence-electron chi connectivity index (χ2n) is 8.55. The fraction of sp³-hybridized carbons (Fsp3) is 0.833. The molecule has 4 N–H and O–H groups in total. The van der Waals surface area contributed by atoms with Gasteiger partial charge in [-0.3, -0.25) is 4.79 Å².